The molecule has 0 saturated carbocycles. The second-order valence-electron chi connectivity index (χ2n) is 9.56. The Balaban J connectivity index is 1.74. The number of carbonyl (C=O) groups excluding carboxylic acids is 1. The molecule has 5 rings (SSSR count). The summed E-state index contributed by atoms with van der Waals surface area (Å²) < 4.78 is 17.6. The summed E-state index contributed by atoms with van der Waals surface area (Å²) in [6.45, 7) is 8.52. The Morgan fingerprint density at radius 2 is 1.78 bits per heavy atom. The molecular weight excluding hydrogens is 456 g/mol. The Kier molecular flexibility index (Phi) is 6.00. The lowest BCUT2D eigenvalue weighted by molar-refractivity contribution is 0.0970. The largest absolute Gasteiger partial charge is 0.493 e. The highest BCUT2D eigenvalue weighted by atomic mass is 16.5. The molecule has 184 valence electrons. The molecule has 1 unspecified atom stereocenters. The first-order valence-electron chi connectivity index (χ1n) is 11.9. The molecule has 2 aromatic carbocycles. The van der Waals surface area contributed by atoms with Gasteiger partial charge >= 0.3 is 0 Å². The number of ether oxygens (including phenoxy) is 2. The van der Waals surface area contributed by atoms with Crippen LogP contribution in [0.4, 0.5) is 5.82 Å². The van der Waals surface area contributed by atoms with Crippen LogP contribution < -0.4 is 19.8 Å². The third kappa shape index (κ3) is 4.00. The third-order valence-corrected chi connectivity index (χ3v) is 6.25. The van der Waals surface area contributed by atoms with Gasteiger partial charge in [-0.1, -0.05) is 31.5 Å². The minimum Gasteiger partial charge on any atom is -0.493 e. The fraction of sp³-hybridized carbons (Fsp3) is 0.276. The zero-order valence-electron chi connectivity index (χ0n) is 21.0. The maximum absolute atomic E-state index is 13.8. The van der Waals surface area contributed by atoms with Crippen molar-refractivity contribution in [3.8, 4) is 11.5 Å². The summed E-state index contributed by atoms with van der Waals surface area (Å²) in [5.41, 5.74) is 3.00. The molecule has 1 aliphatic rings. The lowest BCUT2D eigenvalue weighted by atomic mass is 9.97. The van der Waals surface area contributed by atoms with E-state index in [-0.39, 0.29) is 11.2 Å². The molecule has 0 radical (unpaired) electrons. The number of methoxy groups -OCH3 is 1. The van der Waals surface area contributed by atoms with Crippen molar-refractivity contribution in [2.24, 2.45) is 5.92 Å². The highest BCUT2D eigenvalue weighted by molar-refractivity contribution is 6.10. The zero-order chi connectivity index (χ0) is 25.6. The number of fused-ring (bicyclic) bond motifs is 2. The fourth-order valence-electron chi connectivity index (χ4n) is 4.52. The number of rotatable bonds is 6. The van der Waals surface area contributed by atoms with Gasteiger partial charge in [0.1, 0.15) is 11.4 Å². The van der Waals surface area contributed by atoms with Crippen LogP contribution in [0.3, 0.4) is 0 Å². The maximum atomic E-state index is 13.8. The summed E-state index contributed by atoms with van der Waals surface area (Å²) in [4.78, 5) is 33.6. The summed E-state index contributed by atoms with van der Waals surface area (Å²) in [6.07, 6.45) is 1.65. The molecule has 0 N–H and O–H groups in total. The van der Waals surface area contributed by atoms with E-state index in [0.29, 0.717) is 51.9 Å². The highest BCUT2D eigenvalue weighted by Crippen LogP contribution is 2.43. The molecule has 3 heterocycles. The van der Waals surface area contributed by atoms with Gasteiger partial charge in [0, 0.05) is 6.20 Å². The molecule has 1 atom stereocenters. The number of aromatic nitrogens is 1. The van der Waals surface area contributed by atoms with Gasteiger partial charge in [-0.05, 0) is 67.3 Å². The number of hydrogen-bond acceptors (Lipinski definition) is 6. The Labute approximate surface area is 209 Å². The van der Waals surface area contributed by atoms with Crippen LogP contribution in [0.5, 0.6) is 11.5 Å². The summed E-state index contributed by atoms with van der Waals surface area (Å²) in [7, 11) is 1.57. The first-order chi connectivity index (χ1) is 17.3. The Bertz CT molecular complexity index is 1540. The minimum atomic E-state index is -0.740. The van der Waals surface area contributed by atoms with Crippen LogP contribution in [-0.2, 0) is 0 Å². The van der Waals surface area contributed by atoms with Gasteiger partial charge < -0.3 is 13.9 Å². The fourth-order valence-corrected chi connectivity index (χ4v) is 4.52. The minimum absolute atomic E-state index is 0.0313. The number of hydrogen-bond donors (Lipinski definition) is 0. The van der Waals surface area contributed by atoms with Crippen molar-refractivity contribution in [3.63, 3.8) is 0 Å². The second kappa shape index (κ2) is 9.15. The smallest absolute Gasteiger partial charge is 0.296 e. The molecular formula is C29H28N2O5. The van der Waals surface area contributed by atoms with Crippen LogP contribution in [0.2, 0.25) is 0 Å². The first kappa shape index (κ1) is 23.6. The maximum Gasteiger partial charge on any atom is 0.296 e. The summed E-state index contributed by atoms with van der Waals surface area (Å²) in [6, 6.07) is 13.8. The monoisotopic (exact) mass is 484 g/mol. The lowest BCUT2D eigenvalue weighted by Gasteiger charge is -2.25. The average Bonchev–Trinajstić information content (AvgIpc) is 3.15. The van der Waals surface area contributed by atoms with E-state index in [2.05, 4.69) is 18.8 Å². The van der Waals surface area contributed by atoms with E-state index in [0.717, 1.165) is 11.1 Å². The first-order valence-corrected chi connectivity index (χ1v) is 11.9. The predicted octanol–water partition coefficient (Wildman–Crippen LogP) is 5.60. The van der Waals surface area contributed by atoms with Crippen molar-refractivity contribution in [3.05, 3.63) is 93.0 Å². The Morgan fingerprint density at radius 3 is 2.50 bits per heavy atom. The van der Waals surface area contributed by atoms with E-state index in [4.69, 9.17) is 13.9 Å². The molecule has 7 nitrogen and oxygen atoms in total. The van der Waals surface area contributed by atoms with Crippen LogP contribution in [0, 0.1) is 19.8 Å². The number of anilines is 1. The van der Waals surface area contributed by atoms with Crippen molar-refractivity contribution in [1.82, 2.24) is 4.98 Å². The van der Waals surface area contributed by atoms with Crippen molar-refractivity contribution in [2.45, 2.75) is 33.7 Å². The van der Waals surface area contributed by atoms with Crippen molar-refractivity contribution < 1.29 is 18.7 Å². The number of carbonyl (C=O) groups is 1. The van der Waals surface area contributed by atoms with Gasteiger partial charge in [-0.15, -0.1) is 0 Å². The van der Waals surface area contributed by atoms with Crippen molar-refractivity contribution >= 4 is 22.7 Å². The van der Waals surface area contributed by atoms with Gasteiger partial charge in [-0.3, -0.25) is 14.5 Å². The normalized spacial score (nSPS) is 15.0. The van der Waals surface area contributed by atoms with Crippen LogP contribution in [-0.4, -0.2) is 24.6 Å². The van der Waals surface area contributed by atoms with Crippen molar-refractivity contribution in [2.75, 3.05) is 18.6 Å². The van der Waals surface area contributed by atoms with Gasteiger partial charge in [-0.25, -0.2) is 4.98 Å². The third-order valence-electron chi connectivity index (χ3n) is 6.25. The standard InChI is InChI=1S/C29H28N2O5/c1-16(2)15-35-22-9-7-19(14-23(22)34-5)26-25-27(32)20-12-17(3)6-8-21(20)36-28(25)29(33)31(26)24-13-18(4)10-11-30-24/h6-14,16,26H,15H2,1-5H3. The van der Waals surface area contributed by atoms with Gasteiger partial charge in [0.25, 0.3) is 5.91 Å². The molecule has 4 aromatic rings. The number of amides is 1. The van der Waals surface area contributed by atoms with Gasteiger partial charge in [0.15, 0.2) is 16.9 Å². The second-order valence-corrected chi connectivity index (χ2v) is 9.56. The average molecular weight is 485 g/mol. The van der Waals surface area contributed by atoms with Crippen molar-refractivity contribution in [1.29, 1.82) is 0 Å². The quantitative estimate of drug-likeness (QED) is 0.354. The Morgan fingerprint density at radius 1 is 1.00 bits per heavy atom. The van der Waals surface area contributed by atoms with Crippen LogP contribution in [0.25, 0.3) is 11.0 Å². The molecule has 7 heteroatoms. The molecule has 2 aromatic heterocycles. The van der Waals surface area contributed by atoms with Gasteiger partial charge in [0.05, 0.1) is 30.7 Å². The molecule has 0 aliphatic carbocycles. The molecule has 0 spiro atoms. The van der Waals surface area contributed by atoms with E-state index >= 15 is 0 Å². The van der Waals surface area contributed by atoms with E-state index in [9.17, 15) is 9.59 Å². The topological polar surface area (TPSA) is 81.9 Å². The number of benzene rings is 2. The Hall–Kier alpha value is -4.13. The predicted molar refractivity (Wildman–Crippen MR) is 138 cm³/mol. The summed E-state index contributed by atoms with van der Waals surface area (Å²) in [5.74, 6) is 1.52. The summed E-state index contributed by atoms with van der Waals surface area (Å²) in [5, 5.41) is 0.439. The van der Waals surface area contributed by atoms with E-state index in [1.165, 1.54) is 4.90 Å². The number of pyridine rings is 1. The lowest BCUT2D eigenvalue weighted by Crippen LogP contribution is -2.30. The molecule has 1 aliphatic heterocycles. The number of aryl methyl sites for hydroxylation is 2. The van der Waals surface area contributed by atoms with Crippen LogP contribution >= 0.6 is 0 Å². The van der Waals surface area contributed by atoms with Gasteiger partial charge in [0.2, 0.25) is 5.76 Å². The van der Waals surface area contributed by atoms with E-state index in [1.807, 2.05) is 50.2 Å². The zero-order valence-corrected chi connectivity index (χ0v) is 21.0. The van der Waals surface area contributed by atoms with Crippen LogP contribution in [0.1, 0.15) is 52.7 Å². The highest BCUT2D eigenvalue weighted by Gasteiger charge is 2.44. The molecule has 36 heavy (non-hydrogen) atoms. The number of nitrogens with zero attached hydrogens (tertiary/aromatic N) is 2. The van der Waals surface area contributed by atoms with E-state index in [1.54, 1.807) is 25.4 Å². The van der Waals surface area contributed by atoms with Gasteiger partial charge in [-0.2, -0.15) is 0 Å². The molecule has 0 saturated heterocycles. The summed E-state index contributed by atoms with van der Waals surface area (Å²) >= 11 is 0. The molecule has 1 amide bonds. The SMILES string of the molecule is COc1cc(C2c3c(oc4ccc(C)cc4c3=O)C(=O)N2c2cc(C)ccn2)ccc1OCC(C)C. The van der Waals surface area contributed by atoms with Crippen LogP contribution in [0.15, 0.2) is 63.9 Å². The molecule has 0 fully saturated rings. The van der Waals surface area contributed by atoms with E-state index < -0.39 is 11.9 Å². The molecule has 0 bridgehead atoms.